The number of carbonyl (C=O) groups is 1. The summed E-state index contributed by atoms with van der Waals surface area (Å²) in [5.41, 5.74) is 1.70. The van der Waals surface area contributed by atoms with E-state index in [4.69, 9.17) is 4.74 Å². The molecule has 0 aliphatic heterocycles. The minimum Gasteiger partial charge on any atom is -0.455 e. The van der Waals surface area contributed by atoms with Crippen molar-refractivity contribution in [1.29, 1.82) is 0 Å². The monoisotopic (exact) mass is 272 g/mol. The Morgan fingerprint density at radius 1 is 1.20 bits per heavy atom. The van der Waals surface area contributed by atoms with E-state index in [2.05, 4.69) is 4.98 Å². The van der Waals surface area contributed by atoms with Crippen LogP contribution in [-0.4, -0.2) is 16.2 Å². The summed E-state index contributed by atoms with van der Waals surface area (Å²) in [6.07, 6.45) is 3.51. The maximum Gasteiger partial charge on any atom is 0.276 e. The van der Waals surface area contributed by atoms with Crippen LogP contribution in [0.15, 0.2) is 30.6 Å². The summed E-state index contributed by atoms with van der Waals surface area (Å²) in [5, 5.41) is 10.9. The Labute approximate surface area is 115 Å². The van der Waals surface area contributed by atoms with E-state index in [1.165, 1.54) is 24.5 Å². The van der Waals surface area contributed by atoms with Crippen molar-refractivity contribution in [3.8, 4) is 11.5 Å². The van der Waals surface area contributed by atoms with E-state index in [0.717, 1.165) is 5.56 Å². The molecule has 0 radical (unpaired) electrons. The number of rotatable bonds is 4. The molecule has 0 fully saturated rings. The maximum atomic E-state index is 10.9. The Morgan fingerprint density at radius 2 is 1.95 bits per heavy atom. The predicted octanol–water partition coefficient (Wildman–Crippen LogP) is 3.21. The second-order valence-corrected chi connectivity index (χ2v) is 4.34. The molecule has 6 nitrogen and oxygen atoms in total. The molecule has 2 aromatic rings. The van der Waals surface area contributed by atoms with Crippen LogP contribution in [0.1, 0.15) is 21.5 Å². The summed E-state index contributed by atoms with van der Waals surface area (Å²) < 4.78 is 5.57. The molecule has 102 valence electrons. The number of aryl methyl sites for hydroxylation is 2. The minimum absolute atomic E-state index is 0.00917. The summed E-state index contributed by atoms with van der Waals surface area (Å²) >= 11 is 0. The predicted molar refractivity (Wildman–Crippen MR) is 72.3 cm³/mol. The number of aldehydes is 1. The zero-order valence-corrected chi connectivity index (χ0v) is 11.0. The highest BCUT2D eigenvalue weighted by Crippen LogP contribution is 2.31. The van der Waals surface area contributed by atoms with Crippen molar-refractivity contribution in [2.75, 3.05) is 0 Å². The molecule has 1 aromatic heterocycles. The van der Waals surface area contributed by atoms with Crippen LogP contribution in [-0.2, 0) is 0 Å². The normalized spacial score (nSPS) is 10.1. The van der Waals surface area contributed by atoms with Crippen molar-refractivity contribution in [2.45, 2.75) is 13.8 Å². The van der Waals surface area contributed by atoms with Crippen molar-refractivity contribution >= 4 is 12.0 Å². The third-order valence-corrected chi connectivity index (χ3v) is 2.79. The van der Waals surface area contributed by atoms with E-state index in [-0.39, 0.29) is 5.69 Å². The van der Waals surface area contributed by atoms with Crippen LogP contribution in [0.4, 0.5) is 5.69 Å². The quantitative estimate of drug-likeness (QED) is 0.485. The fourth-order valence-electron chi connectivity index (χ4n) is 1.81. The molecule has 1 heterocycles. The van der Waals surface area contributed by atoms with Crippen molar-refractivity contribution in [1.82, 2.24) is 4.98 Å². The largest absolute Gasteiger partial charge is 0.455 e. The molecule has 0 amide bonds. The SMILES string of the molecule is Cc1cc(C)c([N+](=O)[O-])cc1Oc1cncc(C=O)c1. The fraction of sp³-hybridized carbons (Fsp3) is 0.143. The second-order valence-electron chi connectivity index (χ2n) is 4.34. The molecule has 0 bridgehead atoms. The van der Waals surface area contributed by atoms with Crippen LogP contribution < -0.4 is 4.74 Å². The molecule has 0 spiro atoms. The molecule has 0 atom stereocenters. The molecule has 20 heavy (non-hydrogen) atoms. The highest BCUT2D eigenvalue weighted by molar-refractivity contribution is 5.74. The average Bonchev–Trinajstić information content (AvgIpc) is 2.41. The van der Waals surface area contributed by atoms with Gasteiger partial charge in [-0.3, -0.25) is 19.9 Å². The average molecular weight is 272 g/mol. The number of nitro groups is 1. The van der Waals surface area contributed by atoms with E-state index in [0.29, 0.717) is 28.9 Å². The van der Waals surface area contributed by atoms with Gasteiger partial charge in [0.25, 0.3) is 5.69 Å². The summed E-state index contributed by atoms with van der Waals surface area (Å²) in [5.74, 6) is 0.725. The van der Waals surface area contributed by atoms with Crippen LogP contribution in [0, 0.1) is 24.0 Å². The molecule has 0 aliphatic rings. The van der Waals surface area contributed by atoms with E-state index < -0.39 is 4.92 Å². The van der Waals surface area contributed by atoms with E-state index in [1.807, 2.05) is 0 Å². The maximum absolute atomic E-state index is 10.9. The highest BCUT2D eigenvalue weighted by Gasteiger charge is 2.15. The van der Waals surface area contributed by atoms with Gasteiger partial charge >= 0.3 is 0 Å². The molecule has 0 saturated heterocycles. The Kier molecular flexibility index (Phi) is 3.74. The molecular formula is C14H12N2O4. The van der Waals surface area contributed by atoms with Gasteiger partial charge < -0.3 is 4.74 Å². The van der Waals surface area contributed by atoms with Gasteiger partial charge in [-0.15, -0.1) is 0 Å². The van der Waals surface area contributed by atoms with Crippen molar-refractivity contribution in [3.05, 3.63) is 57.4 Å². The number of hydrogen-bond donors (Lipinski definition) is 0. The molecule has 6 heteroatoms. The summed E-state index contributed by atoms with van der Waals surface area (Å²) in [7, 11) is 0. The number of hydrogen-bond acceptors (Lipinski definition) is 5. The second kappa shape index (κ2) is 5.48. The lowest BCUT2D eigenvalue weighted by Gasteiger charge is -2.09. The molecular weight excluding hydrogens is 260 g/mol. The highest BCUT2D eigenvalue weighted by atomic mass is 16.6. The first-order valence-electron chi connectivity index (χ1n) is 5.85. The topological polar surface area (TPSA) is 82.3 Å². The molecule has 0 saturated carbocycles. The number of ether oxygens (including phenoxy) is 1. The lowest BCUT2D eigenvalue weighted by atomic mass is 10.1. The molecule has 0 aliphatic carbocycles. The van der Waals surface area contributed by atoms with Crippen molar-refractivity contribution in [3.63, 3.8) is 0 Å². The lowest BCUT2D eigenvalue weighted by Crippen LogP contribution is -1.96. The Hall–Kier alpha value is -2.76. The van der Waals surface area contributed by atoms with E-state index in [1.54, 1.807) is 19.9 Å². The van der Waals surface area contributed by atoms with Crippen LogP contribution in [0.5, 0.6) is 11.5 Å². The van der Waals surface area contributed by atoms with Gasteiger partial charge in [0.2, 0.25) is 0 Å². The Morgan fingerprint density at radius 3 is 2.60 bits per heavy atom. The smallest absolute Gasteiger partial charge is 0.276 e. The first-order valence-corrected chi connectivity index (χ1v) is 5.85. The van der Waals surface area contributed by atoms with Crippen molar-refractivity contribution in [2.24, 2.45) is 0 Å². The number of benzene rings is 1. The third-order valence-electron chi connectivity index (χ3n) is 2.79. The first kappa shape index (κ1) is 13.7. The molecule has 1 aromatic carbocycles. The van der Waals surface area contributed by atoms with Crippen LogP contribution in [0.3, 0.4) is 0 Å². The lowest BCUT2D eigenvalue weighted by molar-refractivity contribution is -0.385. The van der Waals surface area contributed by atoms with Gasteiger partial charge in [0.15, 0.2) is 6.29 Å². The third kappa shape index (κ3) is 2.80. The number of nitro benzene ring substituents is 1. The minimum atomic E-state index is -0.457. The standard InChI is InChI=1S/C14H12N2O4/c1-9-3-10(2)14(5-13(9)16(18)19)20-12-4-11(8-17)6-15-7-12/h3-8H,1-2H3. The zero-order chi connectivity index (χ0) is 14.7. The van der Waals surface area contributed by atoms with Gasteiger partial charge in [-0.05, 0) is 31.5 Å². The zero-order valence-electron chi connectivity index (χ0n) is 11.0. The van der Waals surface area contributed by atoms with Crippen molar-refractivity contribution < 1.29 is 14.5 Å². The van der Waals surface area contributed by atoms with Crippen LogP contribution in [0.25, 0.3) is 0 Å². The number of nitrogens with zero attached hydrogens (tertiary/aromatic N) is 2. The van der Waals surface area contributed by atoms with Gasteiger partial charge in [-0.2, -0.15) is 0 Å². The van der Waals surface area contributed by atoms with Gasteiger partial charge in [-0.1, -0.05) is 0 Å². The molecule has 0 unspecified atom stereocenters. The number of carbonyl (C=O) groups excluding carboxylic acids is 1. The Balaban J connectivity index is 2.40. The van der Waals surface area contributed by atoms with E-state index >= 15 is 0 Å². The fourth-order valence-corrected chi connectivity index (χ4v) is 1.81. The van der Waals surface area contributed by atoms with Gasteiger partial charge in [0.1, 0.15) is 11.5 Å². The molecule has 0 N–H and O–H groups in total. The van der Waals surface area contributed by atoms with Crippen LogP contribution in [0.2, 0.25) is 0 Å². The van der Waals surface area contributed by atoms with Gasteiger partial charge in [0, 0.05) is 17.3 Å². The Bertz CT molecular complexity index is 683. The summed E-state index contributed by atoms with van der Waals surface area (Å²) in [4.78, 5) is 25.0. The summed E-state index contributed by atoms with van der Waals surface area (Å²) in [6, 6.07) is 4.58. The van der Waals surface area contributed by atoms with E-state index in [9.17, 15) is 14.9 Å². The first-order chi connectivity index (χ1) is 9.51. The van der Waals surface area contributed by atoms with Gasteiger partial charge in [-0.25, -0.2) is 0 Å². The molecule has 2 rings (SSSR count). The summed E-state index contributed by atoms with van der Waals surface area (Å²) in [6.45, 7) is 3.46. The van der Waals surface area contributed by atoms with Crippen LogP contribution >= 0.6 is 0 Å². The number of aromatic nitrogens is 1. The number of pyridine rings is 1. The van der Waals surface area contributed by atoms with Gasteiger partial charge in [0.05, 0.1) is 17.2 Å².